The van der Waals surface area contributed by atoms with Crippen LogP contribution in [0, 0.1) is 29.6 Å². The van der Waals surface area contributed by atoms with Crippen molar-refractivity contribution >= 4 is 64.3 Å². The van der Waals surface area contributed by atoms with Gasteiger partial charge in [-0.1, -0.05) is 58.8 Å². The minimum absolute atomic E-state index is 0.0158. The highest BCUT2D eigenvalue weighted by atomic mass is 35.5. The number of rotatable bonds is 3. The first-order valence-corrected chi connectivity index (χ1v) is 14.2. The zero-order chi connectivity index (χ0) is 24.7. The molecule has 1 aromatic heterocycles. The van der Waals surface area contributed by atoms with E-state index in [0.29, 0.717) is 10.0 Å². The first-order valence-electron chi connectivity index (χ1n) is 11.7. The molecule has 0 spiro atoms. The Kier molecular flexibility index (Phi) is 5.26. The second-order valence-corrected chi connectivity index (χ2v) is 12.9. The minimum atomic E-state index is -0.376. The monoisotopic (exact) mass is 555 g/mol. The molecule has 2 aliphatic carbocycles. The summed E-state index contributed by atoms with van der Waals surface area (Å²) >= 11 is 15.0. The molecule has 1 saturated heterocycles. The van der Waals surface area contributed by atoms with Gasteiger partial charge in [-0.3, -0.25) is 14.4 Å². The van der Waals surface area contributed by atoms with Gasteiger partial charge < -0.3 is 4.98 Å². The fourth-order valence-electron chi connectivity index (χ4n) is 6.83. The molecule has 4 aliphatic rings. The number of aromatic amines is 1. The number of thioether (sulfide) groups is 1. The van der Waals surface area contributed by atoms with Gasteiger partial charge in [0, 0.05) is 26.1 Å². The number of halogens is 2. The Morgan fingerprint density at radius 1 is 0.917 bits per heavy atom. The third kappa shape index (κ3) is 3.31. The molecule has 2 aromatic carbocycles. The largest absolute Gasteiger partial charge is 0.307 e. The van der Waals surface area contributed by atoms with Crippen LogP contribution in [0.4, 0.5) is 0 Å². The summed E-state index contributed by atoms with van der Waals surface area (Å²) in [4.78, 5) is 43.3. The molecule has 182 valence electrons. The standard InChI is InChI=1S/C26H19Cl2N3O3S2/c27-13-5-1-11(2-6-13)10-29-31-24(32)19-15-9-16(20(19)25(31)33)21-18(15)17(12-3-7-14(28)8-4-12)22-23(35-21)30-26(34)36-22/h1-8,10,15-21H,9H2,(H,30,34)/b29-10-/t15-,16-,17-,18-,19-,20-,21+/m0/s1. The smallest absolute Gasteiger partial charge is 0.305 e. The summed E-state index contributed by atoms with van der Waals surface area (Å²) in [6.07, 6.45) is 2.38. The summed E-state index contributed by atoms with van der Waals surface area (Å²) in [5, 5.41) is 7.69. The van der Waals surface area contributed by atoms with Crippen LogP contribution >= 0.6 is 46.3 Å². The average Bonchev–Trinajstić information content (AvgIpc) is 3.59. The van der Waals surface area contributed by atoms with Crippen LogP contribution < -0.4 is 4.87 Å². The Morgan fingerprint density at radius 3 is 2.25 bits per heavy atom. The van der Waals surface area contributed by atoms with Crippen molar-refractivity contribution in [1.29, 1.82) is 0 Å². The number of benzene rings is 2. The number of nitrogens with zero attached hydrogens (tertiary/aromatic N) is 2. The molecule has 2 bridgehead atoms. The maximum atomic E-state index is 13.6. The highest BCUT2D eigenvalue weighted by Crippen LogP contribution is 2.68. The Hall–Kier alpha value is -2.39. The third-order valence-electron chi connectivity index (χ3n) is 8.12. The molecule has 7 rings (SSSR count). The Bertz CT molecular complexity index is 1480. The fourth-order valence-corrected chi connectivity index (χ4v) is 9.97. The molecule has 10 heteroatoms. The van der Waals surface area contributed by atoms with Gasteiger partial charge in [0.2, 0.25) is 0 Å². The van der Waals surface area contributed by atoms with E-state index in [9.17, 15) is 14.4 Å². The van der Waals surface area contributed by atoms with E-state index in [4.69, 9.17) is 23.2 Å². The SMILES string of the molecule is O=C1[C@H]2[C@@H]3C[C@H]([C@@H]2C(=O)N1/N=C\c1ccc(Cl)cc1)[C@H]1[C@H](c2ccc(Cl)cc2)c2sc(=O)[nH]c2S[C@H]31. The van der Waals surface area contributed by atoms with Crippen molar-refractivity contribution in [3.8, 4) is 0 Å². The number of hydrogen-bond donors (Lipinski definition) is 1. The lowest BCUT2D eigenvalue weighted by atomic mass is 9.68. The van der Waals surface area contributed by atoms with Crippen LogP contribution in [0.25, 0.3) is 0 Å². The number of nitrogens with one attached hydrogen (secondary N) is 1. The van der Waals surface area contributed by atoms with E-state index in [-0.39, 0.29) is 57.4 Å². The van der Waals surface area contributed by atoms with Gasteiger partial charge in [-0.15, -0.1) is 11.8 Å². The first-order chi connectivity index (χ1) is 17.4. The van der Waals surface area contributed by atoms with Crippen molar-refractivity contribution in [2.24, 2.45) is 34.7 Å². The number of aromatic nitrogens is 1. The van der Waals surface area contributed by atoms with Crippen LogP contribution in [0.1, 0.15) is 28.3 Å². The minimum Gasteiger partial charge on any atom is -0.307 e. The van der Waals surface area contributed by atoms with E-state index < -0.39 is 0 Å². The molecule has 36 heavy (non-hydrogen) atoms. The number of imide groups is 1. The van der Waals surface area contributed by atoms with Crippen LogP contribution in [-0.2, 0) is 9.59 Å². The lowest BCUT2D eigenvalue weighted by Gasteiger charge is -2.43. The molecule has 0 radical (unpaired) electrons. The van der Waals surface area contributed by atoms with Crippen LogP contribution in [0.15, 0.2) is 63.5 Å². The second kappa shape index (κ2) is 8.31. The molecule has 2 aliphatic heterocycles. The maximum absolute atomic E-state index is 13.6. The van der Waals surface area contributed by atoms with Crippen LogP contribution in [0.3, 0.4) is 0 Å². The summed E-state index contributed by atoms with van der Waals surface area (Å²) in [5.74, 6) is -0.917. The number of carbonyl (C=O) groups is 2. The number of thiazole rings is 1. The topological polar surface area (TPSA) is 82.6 Å². The van der Waals surface area contributed by atoms with Crippen LogP contribution in [-0.4, -0.2) is 33.3 Å². The van der Waals surface area contributed by atoms with E-state index in [2.05, 4.69) is 10.1 Å². The normalized spacial score (nSPS) is 32.3. The highest BCUT2D eigenvalue weighted by Gasteiger charge is 2.69. The van der Waals surface area contributed by atoms with Crippen molar-refractivity contribution in [2.75, 3.05) is 0 Å². The summed E-state index contributed by atoms with van der Waals surface area (Å²) in [5.41, 5.74) is 1.85. The van der Waals surface area contributed by atoms with Gasteiger partial charge in [0.25, 0.3) is 11.8 Å². The van der Waals surface area contributed by atoms with Gasteiger partial charge >= 0.3 is 4.87 Å². The summed E-state index contributed by atoms with van der Waals surface area (Å²) in [6, 6.07) is 14.8. The van der Waals surface area contributed by atoms with Crippen molar-refractivity contribution in [2.45, 2.75) is 22.6 Å². The van der Waals surface area contributed by atoms with E-state index in [1.807, 2.05) is 24.3 Å². The number of carbonyl (C=O) groups excluding carboxylic acids is 2. The molecule has 2 saturated carbocycles. The van der Waals surface area contributed by atoms with Gasteiger partial charge in [0.05, 0.1) is 23.1 Å². The quantitative estimate of drug-likeness (QED) is 0.353. The second-order valence-electron chi connectivity index (χ2n) is 9.80. The Balaban J connectivity index is 1.25. The van der Waals surface area contributed by atoms with Crippen LogP contribution in [0.5, 0.6) is 0 Å². The average molecular weight is 556 g/mol. The fraction of sp³-hybridized carbons (Fsp3) is 0.308. The maximum Gasteiger partial charge on any atom is 0.305 e. The lowest BCUT2D eigenvalue weighted by molar-refractivity contribution is -0.140. The summed E-state index contributed by atoms with van der Waals surface area (Å²) in [6.45, 7) is 0. The zero-order valence-electron chi connectivity index (χ0n) is 18.6. The molecule has 0 unspecified atom stereocenters. The molecule has 3 fully saturated rings. The lowest BCUT2D eigenvalue weighted by Crippen LogP contribution is -2.42. The number of hydrazone groups is 1. The predicted octanol–water partition coefficient (Wildman–Crippen LogP) is 5.25. The number of amides is 2. The van der Waals surface area contributed by atoms with Gasteiger partial charge in [-0.05, 0) is 59.6 Å². The van der Waals surface area contributed by atoms with E-state index >= 15 is 0 Å². The molecule has 3 aromatic rings. The number of hydrogen-bond acceptors (Lipinski definition) is 6. The number of fused-ring (bicyclic) bond motifs is 9. The zero-order valence-corrected chi connectivity index (χ0v) is 21.8. The molecule has 2 amide bonds. The van der Waals surface area contributed by atoms with Crippen molar-refractivity contribution in [3.05, 3.63) is 84.2 Å². The van der Waals surface area contributed by atoms with Gasteiger partial charge in [0.1, 0.15) is 0 Å². The van der Waals surface area contributed by atoms with E-state index in [1.165, 1.54) is 17.6 Å². The van der Waals surface area contributed by atoms with Crippen molar-refractivity contribution < 1.29 is 9.59 Å². The van der Waals surface area contributed by atoms with Crippen molar-refractivity contribution in [3.63, 3.8) is 0 Å². The molecular formula is C26H19Cl2N3O3S2. The Labute approximate surface area is 224 Å². The van der Waals surface area contributed by atoms with Gasteiger partial charge in [-0.2, -0.15) is 10.1 Å². The van der Waals surface area contributed by atoms with Crippen LogP contribution in [0.2, 0.25) is 10.0 Å². The van der Waals surface area contributed by atoms with E-state index in [1.54, 1.807) is 36.0 Å². The predicted molar refractivity (Wildman–Crippen MR) is 141 cm³/mol. The highest BCUT2D eigenvalue weighted by molar-refractivity contribution is 8.00. The molecule has 7 atom stereocenters. The summed E-state index contributed by atoms with van der Waals surface area (Å²) < 4.78 is 0. The first kappa shape index (κ1) is 22.8. The summed E-state index contributed by atoms with van der Waals surface area (Å²) in [7, 11) is 0. The van der Waals surface area contributed by atoms with Gasteiger partial charge in [-0.25, -0.2) is 0 Å². The molecular weight excluding hydrogens is 537 g/mol. The number of H-pyrrole nitrogens is 1. The Morgan fingerprint density at radius 2 is 1.56 bits per heavy atom. The van der Waals surface area contributed by atoms with Crippen molar-refractivity contribution in [1.82, 2.24) is 9.99 Å². The molecule has 1 N–H and O–H groups in total. The third-order valence-corrected chi connectivity index (χ3v) is 11.2. The van der Waals surface area contributed by atoms with E-state index in [0.717, 1.165) is 32.5 Å². The molecule has 3 heterocycles. The molecule has 6 nitrogen and oxygen atoms in total. The van der Waals surface area contributed by atoms with Gasteiger partial charge in [0.15, 0.2) is 0 Å².